The molecule has 23 heavy (non-hydrogen) atoms. The normalized spacial score (nSPS) is 11.7. The van der Waals surface area contributed by atoms with Crippen molar-refractivity contribution in [3.63, 3.8) is 0 Å². The van der Waals surface area contributed by atoms with E-state index in [9.17, 15) is 9.59 Å². The number of hydrogen-bond acceptors (Lipinski definition) is 5. The molecule has 0 radical (unpaired) electrons. The molecule has 2 aromatic rings. The summed E-state index contributed by atoms with van der Waals surface area (Å²) < 4.78 is 12.0. The van der Waals surface area contributed by atoms with E-state index in [0.29, 0.717) is 29.0 Å². The number of primary amides is 1. The number of carbonyl (C=O) groups is 2. The maximum absolute atomic E-state index is 11.5. The highest BCUT2D eigenvalue weighted by atomic mass is 32.1. The van der Waals surface area contributed by atoms with E-state index in [1.54, 1.807) is 0 Å². The number of anilines is 1. The van der Waals surface area contributed by atoms with E-state index in [2.05, 4.69) is 5.32 Å². The highest BCUT2D eigenvalue weighted by Gasteiger charge is 2.24. The second-order valence-electron chi connectivity index (χ2n) is 5.20. The minimum absolute atomic E-state index is 0.0409. The van der Waals surface area contributed by atoms with Crippen LogP contribution in [0.25, 0.3) is 16.4 Å². The molecule has 6 nitrogen and oxygen atoms in total. The molecule has 0 saturated heterocycles. The predicted molar refractivity (Wildman–Crippen MR) is 91.5 cm³/mol. The van der Waals surface area contributed by atoms with E-state index in [1.807, 2.05) is 32.9 Å². The standard InChI is InChI=1S/C16H20N2O4S/c1-4-5-6-10-11(7-21-9(2)3)23-15-12(18-8-19)14(16(17)20)22-13(10)15/h5-6,8-9H,4,7H2,1-3H3,(H2,17,20)(H,18,19)/b6-5-. The van der Waals surface area contributed by atoms with Crippen LogP contribution >= 0.6 is 11.3 Å². The number of amides is 2. The second kappa shape index (κ2) is 7.43. The van der Waals surface area contributed by atoms with Gasteiger partial charge in [-0.2, -0.15) is 0 Å². The molecule has 0 aromatic carbocycles. The molecular formula is C16H20N2O4S. The van der Waals surface area contributed by atoms with Crippen molar-refractivity contribution in [3.05, 3.63) is 22.3 Å². The van der Waals surface area contributed by atoms with Crippen LogP contribution in [0, 0.1) is 0 Å². The summed E-state index contributed by atoms with van der Waals surface area (Å²) in [6.45, 7) is 6.39. The first-order chi connectivity index (χ1) is 11.0. The molecule has 0 aliphatic carbocycles. The van der Waals surface area contributed by atoms with Crippen LogP contribution in [-0.4, -0.2) is 18.4 Å². The first-order valence-electron chi connectivity index (χ1n) is 7.35. The number of nitrogens with two attached hydrogens (primary N) is 1. The van der Waals surface area contributed by atoms with E-state index in [0.717, 1.165) is 16.9 Å². The lowest BCUT2D eigenvalue weighted by molar-refractivity contribution is -0.105. The summed E-state index contributed by atoms with van der Waals surface area (Å²) in [6, 6.07) is 0. The van der Waals surface area contributed by atoms with Crippen LogP contribution < -0.4 is 11.1 Å². The third kappa shape index (κ3) is 3.62. The third-order valence-electron chi connectivity index (χ3n) is 3.13. The Hall–Kier alpha value is -2.12. The van der Waals surface area contributed by atoms with E-state index in [-0.39, 0.29) is 11.9 Å². The van der Waals surface area contributed by atoms with Gasteiger partial charge in [0, 0.05) is 10.4 Å². The van der Waals surface area contributed by atoms with Crippen LogP contribution in [0.2, 0.25) is 0 Å². The second-order valence-corrected chi connectivity index (χ2v) is 6.31. The van der Waals surface area contributed by atoms with Gasteiger partial charge in [0.25, 0.3) is 5.91 Å². The van der Waals surface area contributed by atoms with Crippen LogP contribution in [-0.2, 0) is 16.1 Å². The number of furan rings is 1. The van der Waals surface area contributed by atoms with Gasteiger partial charge in [-0.05, 0) is 20.3 Å². The summed E-state index contributed by atoms with van der Waals surface area (Å²) in [4.78, 5) is 23.3. The quantitative estimate of drug-likeness (QED) is 0.721. The van der Waals surface area contributed by atoms with Gasteiger partial charge in [-0.25, -0.2) is 0 Å². The number of nitrogens with one attached hydrogen (secondary N) is 1. The number of carbonyl (C=O) groups excluding carboxylic acids is 2. The zero-order chi connectivity index (χ0) is 17.0. The molecule has 0 spiro atoms. The number of ether oxygens (including phenoxy) is 1. The van der Waals surface area contributed by atoms with Crippen molar-refractivity contribution in [1.29, 1.82) is 0 Å². The van der Waals surface area contributed by atoms with Crippen molar-refractivity contribution in [2.75, 3.05) is 5.32 Å². The molecular weight excluding hydrogens is 316 g/mol. The summed E-state index contributed by atoms with van der Waals surface area (Å²) in [6.07, 6.45) is 5.41. The van der Waals surface area contributed by atoms with Gasteiger partial charge in [-0.1, -0.05) is 19.1 Å². The first-order valence-corrected chi connectivity index (χ1v) is 8.17. The molecule has 2 rings (SSSR count). The highest BCUT2D eigenvalue weighted by Crippen LogP contribution is 2.41. The Kier molecular flexibility index (Phi) is 5.57. The number of hydrogen-bond donors (Lipinski definition) is 2. The average molecular weight is 336 g/mol. The van der Waals surface area contributed by atoms with Crippen molar-refractivity contribution in [2.24, 2.45) is 5.73 Å². The monoisotopic (exact) mass is 336 g/mol. The van der Waals surface area contributed by atoms with Gasteiger partial charge >= 0.3 is 0 Å². The molecule has 0 bridgehead atoms. The number of rotatable bonds is 8. The number of thiophene rings is 1. The fourth-order valence-electron chi connectivity index (χ4n) is 2.11. The van der Waals surface area contributed by atoms with Gasteiger partial charge in [-0.3, -0.25) is 9.59 Å². The average Bonchev–Trinajstić information content (AvgIpc) is 3.00. The van der Waals surface area contributed by atoms with Crippen molar-refractivity contribution in [2.45, 2.75) is 39.9 Å². The summed E-state index contributed by atoms with van der Waals surface area (Å²) >= 11 is 1.42. The minimum atomic E-state index is -0.719. The number of fused-ring (bicyclic) bond motifs is 1. The minimum Gasteiger partial charge on any atom is -0.447 e. The summed E-state index contributed by atoms with van der Waals surface area (Å²) in [7, 11) is 0. The molecule has 0 saturated carbocycles. The molecule has 3 N–H and O–H groups in total. The SMILES string of the molecule is CC/C=C\c1c(COC(C)C)sc2c(NC=O)c(C(N)=O)oc12. The number of allylic oxidation sites excluding steroid dienone is 1. The lowest BCUT2D eigenvalue weighted by atomic mass is 10.2. The van der Waals surface area contributed by atoms with Gasteiger partial charge < -0.3 is 20.2 Å². The fraction of sp³-hybridized carbons (Fsp3) is 0.375. The fourth-order valence-corrected chi connectivity index (χ4v) is 3.26. The topological polar surface area (TPSA) is 94.6 Å². The Balaban J connectivity index is 2.60. The molecule has 0 aliphatic heterocycles. The van der Waals surface area contributed by atoms with Gasteiger partial charge in [0.15, 0.2) is 5.58 Å². The van der Waals surface area contributed by atoms with Crippen LogP contribution in [0.15, 0.2) is 10.5 Å². The Morgan fingerprint density at radius 1 is 1.48 bits per heavy atom. The molecule has 0 fully saturated rings. The largest absolute Gasteiger partial charge is 0.447 e. The van der Waals surface area contributed by atoms with Crippen LogP contribution in [0.1, 0.15) is 48.2 Å². The van der Waals surface area contributed by atoms with E-state index >= 15 is 0 Å². The van der Waals surface area contributed by atoms with Crippen molar-refractivity contribution >= 4 is 45.7 Å². The maximum Gasteiger partial charge on any atom is 0.286 e. The summed E-state index contributed by atoms with van der Waals surface area (Å²) in [5, 5.41) is 2.51. The lowest BCUT2D eigenvalue weighted by Crippen LogP contribution is -2.12. The Morgan fingerprint density at radius 3 is 2.78 bits per heavy atom. The predicted octanol–water partition coefficient (Wildman–Crippen LogP) is 3.51. The molecule has 2 amide bonds. The van der Waals surface area contributed by atoms with Gasteiger partial charge in [0.2, 0.25) is 12.2 Å². The van der Waals surface area contributed by atoms with Crippen molar-refractivity contribution in [1.82, 2.24) is 0 Å². The molecule has 124 valence electrons. The van der Waals surface area contributed by atoms with Gasteiger partial charge in [0.1, 0.15) is 5.69 Å². The highest BCUT2D eigenvalue weighted by molar-refractivity contribution is 7.20. The van der Waals surface area contributed by atoms with Gasteiger partial charge in [0.05, 0.1) is 17.4 Å². The Bertz CT molecular complexity index is 743. The van der Waals surface area contributed by atoms with Crippen molar-refractivity contribution < 1.29 is 18.7 Å². The van der Waals surface area contributed by atoms with E-state index in [1.165, 1.54) is 11.3 Å². The molecule has 2 heterocycles. The maximum atomic E-state index is 11.5. The first kappa shape index (κ1) is 17.2. The Labute approximate surface area is 138 Å². The molecule has 0 aliphatic rings. The molecule has 0 atom stereocenters. The van der Waals surface area contributed by atoms with E-state index in [4.69, 9.17) is 14.9 Å². The van der Waals surface area contributed by atoms with Crippen LogP contribution in [0.4, 0.5) is 5.69 Å². The zero-order valence-electron chi connectivity index (χ0n) is 13.3. The third-order valence-corrected chi connectivity index (χ3v) is 4.31. The lowest BCUT2D eigenvalue weighted by Gasteiger charge is -2.06. The zero-order valence-corrected chi connectivity index (χ0v) is 14.2. The van der Waals surface area contributed by atoms with Crippen LogP contribution in [0.3, 0.4) is 0 Å². The molecule has 2 aromatic heterocycles. The molecule has 7 heteroatoms. The summed E-state index contributed by atoms with van der Waals surface area (Å²) in [5.41, 5.74) is 7.04. The molecule has 0 unspecified atom stereocenters. The van der Waals surface area contributed by atoms with Gasteiger partial charge in [-0.15, -0.1) is 11.3 Å². The Morgan fingerprint density at radius 2 is 2.22 bits per heavy atom. The van der Waals surface area contributed by atoms with Crippen LogP contribution in [0.5, 0.6) is 0 Å². The van der Waals surface area contributed by atoms with Crippen molar-refractivity contribution in [3.8, 4) is 0 Å². The van der Waals surface area contributed by atoms with E-state index < -0.39 is 5.91 Å². The smallest absolute Gasteiger partial charge is 0.286 e. The summed E-state index contributed by atoms with van der Waals surface area (Å²) in [5.74, 6) is -0.760.